The van der Waals surface area contributed by atoms with Crippen molar-refractivity contribution in [2.45, 2.75) is 20.4 Å². The lowest BCUT2D eigenvalue weighted by Crippen LogP contribution is -2.22. The number of nitro groups is 1. The van der Waals surface area contributed by atoms with Crippen LogP contribution in [0.5, 0.6) is 0 Å². The van der Waals surface area contributed by atoms with Crippen LogP contribution < -0.4 is 5.32 Å². The van der Waals surface area contributed by atoms with Crippen LogP contribution in [0.2, 0.25) is 0 Å². The number of aryl methyl sites for hydroxylation is 2. The second-order valence-corrected chi connectivity index (χ2v) is 5.95. The smallest absolute Gasteiger partial charge is 0.273 e. The van der Waals surface area contributed by atoms with Gasteiger partial charge in [-0.2, -0.15) is 0 Å². The van der Waals surface area contributed by atoms with E-state index in [0.717, 1.165) is 17.1 Å². The summed E-state index contributed by atoms with van der Waals surface area (Å²) in [6.07, 6.45) is 3.63. The lowest BCUT2D eigenvalue weighted by atomic mass is 10.1. The van der Waals surface area contributed by atoms with Gasteiger partial charge in [0.15, 0.2) is 0 Å². The summed E-state index contributed by atoms with van der Waals surface area (Å²) in [7, 11) is 0. The predicted octanol–water partition coefficient (Wildman–Crippen LogP) is 3.33. The molecule has 0 saturated carbocycles. The molecule has 3 aromatic rings. The van der Waals surface area contributed by atoms with Gasteiger partial charge in [0.25, 0.3) is 11.6 Å². The van der Waals surface area contributed by atoms with Crippen LogP contribution in [0, 0.1) is 24.0 Å². The lowest BCUT2D eigenvalue weighted by Gasteiger charge is -2.08. The summed E-state index contributed by atoms with van der Waals surface area (Å²) in [6.45, 7) is 3.90. The van der Waals surface area contributed by atoms with Crippen molar-refractivity contribution in [3.63, 3.8) is 0 Å². The second kappa shape index (κ2) is 7.18. The van der Waals surface area contributed by atoms with Crippen LogP contribution in [0.3, 0.4) is 0 Å². The van der Waals surface area contributed by atoms with E-state index in [9.17, 15) is 14.9 Å². The Hall–Kier alpha value is -3.48. The van der Waals surface area contributed by atoms with Gasteiger partial charge in [-0.15, -0.1) is 0 Å². The summed E-state index contributed by atoms with van der Waals surface area (Å²) in [5, 5.41) is 13.8. The SMILES string of the molecule is Cc1ccc(C(=O)NCc2ccc(-n3ccnc3C)cc2)cc1[N+](=O)[O-]. The van der Waals surface area contributed by atoms with Crippen molar-refractivity contribution in [3.05, 3.63) is 87.5 Å². The van der Waals surface area contributed by atoms with Crippen LogP contribution in [-0.4, -0.2) is 20.4 Å². The molecule has 0 unspecified atom stereocenters. The third-order valence-electron chi connectivity index (χ3n) is 4.16. The van der Waals surface area contributed by atoms with Gasteiger partial charge < -0.3 is 9.88 Å². The maximum atomic E-state index is 12.3. The number of hydrogen-bond donors (Lipinski definition) is 1. The molecule has 0 bridgehead atoms. The summed E-state index contributed by atoms with van der Waals surface area (Å²) < 4.78 is 1.97. The Morgan fingerprint density at radius 1 is 1.19 bits per heavy atom. The van der Waals surface area contributed by atoms with Crippen molar-refractivity contribution >= 4 is 11.6 Å². The monoisotopic (exact) mass is 350 g/mol. The zero-order chi connectivity index (χ0) is 18.7. The van der Waals surface area contributed by atoms with E-state index in [2.05, 4.69) is 10.3 Å². The number of carbonyl (C=O) groups is 1. The maximum absolute atomic E-state index is 12.3. The van der Waals surface area contributed by atoms with Crippen molar-refractivity contribution in [1.82, 2.24) is 14.9 Å². The molecule has 0 radical (unpaired) electrons. The Balaban J connectivity index is 1.67. The minimum atomic E-state index is -0.483. The van der Waals surface area contributed by atoms with Gasteiger partial charge in [-0.25, -0.2) is 4.98 Å². The summed E-state index contributed by atoms with van der Waals surface area (Å²) in [5.41, 5.74) is 2.66. The van der Waals surface area contributed by atoms with E-state index in [1.54, 1.807) is 25.3 Å². The van der Waals surface area contributed by atoms with Crippen LogP contribution in [0.1, 0.15) is 27.3 Å². The number of rotatable bonds is 5. The minimum absolute atomic E-state index is 0.0577. The van der Waals surface area contributed by atoms with Crippen LogP contribution in [0.15, 0.2) is 54.9 Å². The summed E-state index contributed by atoms with van der Waals surface area (Å²) in [5.74, 6) is 0.551. The topological polar surface area (TPSA) is 90.1 Å². The first-order valence-corrected chi connectivity index (χ1v) is 8.08. The minimum Gasteiger partial charge on any atom is -0.348 e. The number of nitro benzene ring substituents is 1. The molecule has 1 aromatic heterocycles. The van der Waals surface area contributed by atoms with Crippen LogP contribution in [-0.2, 0) is 6.54 Å². The standard InChI is InChI=1S/C19H18N4O3/c1-13-3-6-16(11-18(13)23(25)26)19(24)21-12-15-4-7-17(8-5-15)22-10-9-20-14(22)2/h3-11H,12H2,1-2H3,(H,21,24). The molecule has 0 atom stereocenters. The van der Waals surface area contributed by atoms with Gasteiger partial charge in [0.2, 0.25) is 0 Å². The Bertz CT molecular complexity index is 961. The molecule has 0 aliphatic carbocycles. The summed E-state index contributed by atoms with van der Waals surface area (Å²) in [4.78, 5) is 27.0. The molecule has 7 heteroatoms. The summed E-state index contributed by atoms with van der Waals surface area (Å²) in [6, 6.07) is 12.2. The van der Waals surface area contributed by atoms with E-state index < -0.39 is 4.92 Å². The van der Waals surface area contributed by atoms with Crippen molar-refractivity contribution in [2.75, 3.05) is 0 Å². The molecule has 3 rings (SSSR count). The summed E-state index contributed by atoms with van der Waals surface area (Å²) >= 11 is 0. The van der Waals surface area contributed by atoms with Gasteiger partial charge in [0, 0.05) is 41.8 Å². The molecule has 0 spiro atoms. The molecule has 0 saturated heterocycles. The molecule has 26 heavy (non-hydrogen) atoms. The maximum Gasteiger partial charge on any atom is 0.273 e. The number of aromatic nitrogens is 2. The van der Waals surface area contributed by atoms with Crippen molar-refractivity contribution in [1.29, 1.82) is 0 Å². The van der Waals surface area contributed by atoms with Crippen molar-refractivity contribution < 1.29 is 9.72 Å². The molecule has 1 amide bonds. The van der Waals surface area contributed by atoms with E-state index in [1.807, 2.05) is 42.0 Å². The number of nitrogens with one attached hydrogen (secondary N) is 1. The number of imidazole rings is 1. The average Bonchev–Trinajstić information content (AvgIpc) is 3.06. The van der Waals surface area contributed by atoms with E-state index >= 15 is 0 Å². The molecule has 0 aliphatic heterocycles. The molecular formula is C19H18N4O3. The van der Waals surface area contributed by atoms with Crippen LogP contribution in [0.25, 0.3) is 5.69 Å². The number of hydrogen-bond acceptors (Lipinski definition) is 4. The Morgan fingerprint density at radius 3 is 2.54 bits per heavy atom. The Morgan fingerprint density at radius 2 is 1.92 bits per heavy atom. The Kier molecular flexibility index (Phi) is 4.79. The number of nitrogens with zero attached hydrogens (tertiary/aromatic N) is 3. The highest BCUT2D eigenvalue weighted by Gasteiger charge is 2.14. The van der Waals surface area contributed by atoms with Gasteiger partial charge in [-0.05, 0) is 37.6 Å². The van der Waals surface area contributed by atoms with E-state index in [4.69, 9.17) is 0 Å². The predicted molar refractivity (Wildman–Crippen MR) is 97.3 cm³/mol. The zero-order valence-corrected chi connectivity index (χ0v) is 14.5. The van der Waals surface area contributed by atoms with Gasteiger partial charge in [0.05, 0.1) is 4.92 Å². The van der Waals surface area contributed by atoms with Gasteiger partial charge >= 0.3 is 0 Å². The first-order chi connectivity index (χ1) is 12.5. The fourth-order valence-electron chi connectivity index (χ4n) is 2.66. The van der Waals surface area contributed by atoms with E-state index in [1.165, 1.54) is 6.07 Å². The number of carbonyl (C=O) groups excluding carboxylic acids is 1. The van der Waals surface area contributed by atoms with E-state index in [-0.39, 0.29) is 17.2 Å². The van der Waals surface area contributed by atoms with Crippen molar-refractivity contribution in [3.8, 4) is 5.69 Å². The van der Waals surface area contributed by atoms with E-state index in [0.29, 0.717) is 12.1 Å². The third-order valence-corrected chi connectivity index (χ3v) is 4.16. The van der Waals surface area contributed by atoms with Gasteiger partial charge in [0.1, 0.15) is 5.82 Å². The molecule has 7 nitrogen and oxygen atoms in total. The quantitative estimate of drug-likeness (QED) is 0.564. The molecular weight excluding hydrogens is 332 g/mol. The highest BCUT2D eigenvalue weighted by molar-refractivity contribution is 5.94. The van der Waals surface area contributed by atoms with Crippen LogP contribution in [0.4, 0.5) is 5.69 Å². The first-order valence-electron chi connectivity index (χ1n) is 8.08. The average molecular weight is 350 g/mol. The molecule has 0 fully saturated rings. The molecule has 132 valence electrons. The molecule has 1 N–H and O–H groups in total. The fraction of sp³-hybridized carbons (Fsp3) is 0.158. The van der Waals surface area contributed by atoms with Gasteiger partial charge in [-0.1, -0.05) is 18.2 Å². The van der Waals surface area contributed by atoms with Crippen molar-refractivity contribution in [2.24, 2.45) is 0 Å². The fourth-order valence-corrected chi connectivity index (χ4v) is 2.66. The zero-order valence-electron chi connectivity index (χ0n) is 14.5. The second-order valence-electron chi connectivity index (χ2n) is 5.95. The Labute approximate surface area is 150 Å². The molecule has 1 heterocycles. The molecule has 2 aromatic carbocycles. The highest BCUT2D eigenvalue weighted by atomic mass is 16.6. The normalized spacial score (nSPS) is 10.5. The van der Waals surface area contributed by atoms with Crippen LogP contribution >= 0.6 is 0 Å². The third kappa shape index (κ3) is 3.61. The van der Waals surface area contributed by atoms with Gasteiger partial charge in [-0.3, -0.25) is 14.9 Å². The largest absolute Gasteiger partial charge is 0.348 e. The lowest BCUT2D eigenvalue weighted by molar-refractivity contribution is -0.385. The highest BCUT2D eigenvalue weighted by Crippen LogP contribution is 2.19. The first kappa shape index (κ1) is 17.3. The number of amides is 1. The molecule has 0 aliphatic rings. The number of benzene rings is 2.